The number of nitrogens with zero attached hydrogens (tertiary/aromatic N) is 4. The number of hydrogen-bond acceptors (Lipinski definition) is 8. The number of aldehydes is 1. The molecule has 3 aromatic rings. The fraction of sp³-hybridized carbons (Fsp3) is 0.333. The number of thiazole rings is 1. The van der Waals surface area contributed by atoms with E-state index in [4.69, 9.17) is 9.72 Å². The molecule has 0 aromatic carbocycles. The topological polar surface area (TPSA) is 89.4 Å². The van der Waals surface area contributed by atoms with Crippen LogP contribution < -0.4 is 15.6 Å². The molecule has 0 aliphatic carbocycles. The fourth-order valence-electron chi connectivity index (χ4n) is 3.43. The molecule has 0 bridgehead atoms. The monoisotopic (exact) mass is 421 g/mol. The molecule has 1 N–H and O–H groups in total. The molecule has 1 aliphatic rings. The van der Waals surface area contributed by atoms with Crippen LogP contribution in [-0.2, 0) is 4.74 Å². The van der Waals surface area contributed by atoms with Crippen LogP contribution in [0.25, 0.3) is 16.2 Å². The predicted molar refractivity (Wildman–Crippen MR) is 112 cm³/mol. The average Bonchev–Trinajstić information content (AvgIpc) is 3.37. The predicted octanol–water partition coefficient (Wildman–Crippen LogP) is 1.50. The van der Waals surface area contributed by atoms with Crippen LogP contribution in [0.1, 0.15) is 10.4 Å². The van der Waals surface area contributed by atoms with Gasteiger partial charge in [0.2, 0.25) is 5.43 Å². The van der Waals surface area contributed by atoms with Gasteiger partial charge in [0.05, 0.1) is 23.1 Å². The van der Waals surface area contributed by atoms with E-state index in [1.165, 1.54) is 17.5 Å². The molecule has 0 amide bonds. The lowest BCUT2D eigenvalue weighted by molar-refractivity contribution is 0.0996. The molecule has 28 heavy (non-hydrogen) atoms. The van der Waals surface area contributed by atoms with Crippen LogP contribution in [0.3, 0.4) is 0 Å². The SMILES string of the molecule is CNC1CN(c2ccc3c(=O)c(C=O)cn(-c4nccs4)c3n2)CC1OC.Cl. The summed E-state index contributed by atoms with van der Waals surface area (Å²) in [4.78, 5) is 35.1. The summed E-state index contributed by atoms with van der Waals surface area (Å²) in [5.74, 6) is 0.755. The van der Waals surface area contributed by atoms with Crippen molar-refractivity contribution >= 4 is 46.9 Å². The lowest BCUT2D eigenvalue weighted by atomic mass is 10.2. The van der Waals surface area contributed by atoms with Crippen molar-refractivity contribution in [2.24, 2.45) is 0 Å². The third kappa shape index (κ3) is 3.42. The van der Waals surface area contributed by atoms with E-state index in [9.17, 15) is 9.59 Å². The van der Waals surface area contributed by atoms with Crippen molar-refractivity contribution in [1.82, 2.24) is 19.9 Å². The Balaban J connectivity index is 0.00000225. The Morgan fingerprint density at radius 1 is 1.36 bits per heavy atom. The number of rotatable bonds is 5. The largest absolute Gasteiger partial charge is 0.378 e. The van der Waals surface area contributed by atoms with Gasteiger partial charge in [-0.15, -0.1) is 23.7 Å². The molecule has 4 rings (SSSR count). The minimum Gasteiger partial charge on any atom is -0.378 e. The molecule has 1 fully saturated rings. The maximum Gasteiger partial charge on any atom is 0.201 e. The Bertz CT molecular complexity index is 1030. The molecule has 0 spiro atoms. The summed E-state index contributed by atoms with van der Waals surface area (Å²) in [5, 5.41) is 6.15. The maximum absolute atomic E-state index is 12.6. The summed E-state index contributed by atoms with van der Waals surface area (Å²) in [5.41, 5.74) is 0.249. The highest BCUT2D eigenvalue weighted by molar-refractivity contribution is 7.12. The molecular weight excluding hydrogens is 402 g/mol. The van der Waals surface area contributed by atoms with Gasteiger partial charge in [-0.1, -0.05) is 0 Å². The van der Waals surface area contributed by atoms with E-state index in [-0.39, 0.29) is 35.5 Å². The second-order valence-electron chi connectivity index (χ2n) is 6.33. The van der Waals surface area contributed by atoms with Gasteiger partial charge in [0, 0.05) is 38.0 Å². The second kappa shape index (κ2) is 8.36. The molecule has 1 aliphatic heterocycles. The van der Waals surface area contributed by atoms with Gasteiger partial charge >= 0.3 is 0 Å². The zero-order valence-corrected chi connectivity index (χ0v) is 17.0. The van der Waals surface area contributed by atoms with Gasteiger partial charge in [0.1, 0.15) is 5.82 Å². The fourth-order valence-corrected chi connectivity index (χ4v) is 4.05. The van der Waals surface area contributed by atoms with Crippen LogP contribution in [0.4, 0.5) is 5.82 Å². The van der Waals surface area contributed by atoms with Crippen LogP contribution in [0.15, 0.2) is 34.7 Å². The number of likely N-dealkylation sites (N-methyl/N-ethyl adjacent to an activating group) is 1. The molecule has 148 valence electrons. The number of pyridine rings is 2. The number of ether oxygens (including phenoxy) is 1. The molecular formula is C18H20ClN5O3S. The van der Waals surface area contributed by atoms with Crippen molar-refractivity contribution < 1.29 is 9.53 Å². The standard InChI is InChI=1S/C18H19N5O3S.ClH/c1-19-13-8-22(9-14(13)26-2)15-4-3-12-16(25)11(10-24)7-23(17(12)21-15)18-20-5-6-27-18;/h3-7,10,13-14,19H,8-9H2,1-2H3;1H. The van der Waals surface area contributed by atoms with Gasteiger partial charge in [-0.05, 0) is 19.2 Å². The summed E-state index contributed by atoms with van der Waals surface area (Å²) in [6.45, 7) is 1.45. The number of nitrogens with one attached hydrogen (secondary N) is 1. The van der Waals surface area contributed by atoms with Gasteiger partial charge in [-0.2, -0.15) is 0 Å². The van der Waals surface area contributed by atoms with E-state index in [0.717, 1.165) is 12.4 Å². The van der Waals surface area contributed by atoms with E-state index in [1.54, 1.807) is 23.9 Å². The Morgan fingerprint density at radius 3 is 2.79 bits per heavy atom. The molecule has 0 saturated carbocycles. The van der Waals surface area contributed by atoms with E-state index in [1.807, 2.05) is 18.5 Å². The number of methoxy groups -OCH3 is 1. The normalized spacial score (nSPS) is 19.0. The number of carbonyl (C=O) groups excluding carboxylic acids is 1. The van der Waals surface area contributed by atoms with Crippen LogP contribution >= 0.6 is 23.7 Å². The minimum absolute atomic E-state index is 0. The highest BCUT2D eigenvalue weighted by Gasteiger charge is 2.32. The summed E-state index contributed by atoms with van der Waals surface area (Å²) in [6.07, 6.45) is 3.81. The molecule has 3 aromatic heterocycles. The zero-order valence-electron chi connectivity index (χ0n) is 15.4. The van der Waals surface area contributed by atoms with E-state index >= 15 is 0 Å². The number of hydrogen-bond donors (Lipinski definition) is 1. The second-order valence-corrected chi connectivity index (χ2v) is 7.20. The first-order chi connectivity index (χ1) is 13.2. The van der Waals surface area contributed by atoms with Crippen molar-refractivity contribution in [2.75, 3.05) is 32.1 Å². The summed E-state index contributed by atoms with van der Waals surface area (Å²) in [7, 11) is 3.61. The van der Waals surface area contributed by atoms with E-state index in [0.29, 0.717) is 29.0 Å². The van der Waals surface area contributed by atoms with Crippen LogP contribution in [-0.4, -0.2) is 60.2 Å². The Morgan fingerprint density at radius 2 is 2.18 bits per heavy atom. The number of halogens is 1. The smallest absolute Gasteiger partial charge is 0.201 e. The Hall–Kier alpha value is -2.33. The van der Waals surface area contributed by atoms with Crippen LogP contribution in [0.5, 0.6) is 0 Å². The Labute approximate surface area is 171 Å². The van der Waals surface area contributed by atoms with Crippen LogP contribution in [0.2, 0.25) is 0 Å². The van der Waals surface area contributed by atoms with Crippen molar-refractivity contribution in [3.63, 3.8) is 0 Å². The molecule has 2 unspecified atom stereocenters. The van der Waals surface area contributed by atoms with Crippen molar-refractivity contribution in [3.8, 4) is 5.13 Å². The zero-order chi connectivity index (χ0) is 19.0. The van der Waals surface area contributed by atoms with E-state index < -0.39 is 0 Å². The molecule has 8 nitrogen and oxygen atoms in total. The molecule has 10 heteroatoms. The van der Waals surface area contributed by atoms with Gasteiger partial charge < -0.3 is 15.0 Å². The van der Waals surface area contributed by atoms with E-state index in [2.05, 4.69) is 15.2 Å². The molecule has 1 saturated heterocycles. The minimum atomic E-state index is -0.323. The van der Waals surface area contributed by atoms with Gasteiger partial charge in [-0.25, -0.2) is 9.97 Å². The molecule has 0 radical (unpaired) electrons. The summed E-state index contributed by atoms with van der Waals surface area (Å²) >= 11 is 1.41. The average molecular weight is 422 g/mol. The summed E-state index contributed by atoms with van der Waals surface area (Å²) in [6, 6.07) is 3.74. The quantitative estimate of drug-likeness (QED) is 0.624. The third-order valence-corrected chi connectivity index (χ3v) is 5.65. The maximum atomic E-state index is 12.6. The summed E-state index contributed by atoms with van der Waals surface area (Å²) < 4.78 is 7.25. The van der Waals surface area contributed by atoms with Crippen LogP contribution in [0, 0.1) is 0 Å². The van der Waals surface area contributed by atoms with Gasteiger partial charge in [-0.3, -0.25) is 14.2 Å². The lowest BCUT2D eigenvalue weighted by Gasteiger charge is -2.18. The molecule has 2 atom stereocenters. The highest BCUT2D eigenvalue weighted by Crippen LogP contribution is 2.24. The van der Waals surface area contributed by atoms with Gasteiger partial charge in [0.25, 0.3) is 0 Å². The third-order valence-electron chi connectivity index (χ3n) is 4.88. The first-order valence-electron chi connectivity index (χ1n) is 8.52. The first kappa shape index (κ1) is 20.4. The molecule has 4 heterocycles. The van der Waals surface area contributed by atoms with Crippen molar-refractivity contribution in [3.05, 3.63) is 45.7 Å². The van der Waals surface area contributed by atoms with Crippen molar-refractivity contribution in [1.29, 1.82) is 0 Å². The first-order valence-corrected chi connectivity index (χ1v) is 9.40. The number of aromatic nitrogens is 3. The lowest BCUT2D eigenvalue weighted by Crippen LogP contribution is -2.37. The van der Waals surface area contributed by atoms with Gasteiger partial charge in [0.15, 0.2) is 17.1 Å². The Kier molecular flexibility index (Phi) is 6.09. The number of fused-ring (bicyclic) bond motifs is 1. The highest BCUT2D eigenvalue weighted by atomic mass is 35.5. The van der Waals surface area contributed by atoms with Crippen molar-refractivity contribution in [2.45, 2.75) is 12.1 Å². The number of carbonyl (C=O) groups is 1. The number of anilines is 1.